The van der Waals surface area contributed by atoms with E-state index in [2.05, 4.69) is 26.1 Å². The number of carbonyl (C=O) groups is 1. The molecule has 1 aromatic carbocycles. The summed E-state index contributed by atoms with van der Waals surface area (Å²) >= 11 is 0. The van der Waals surface area contributed by atoms with Crippen LogP contribution in [0, 0.1) is 6.92 Å². The quantitative estimate of drug-likeness (QED) is 0.678. The van der Waals surface area contributed by atoms with Crippen LogP contribution in [0.25, 0.3) is 0 Å². The largest absolute Gasteiger partial charge is 0.381 e. The summed E-state index contributed by atoms with van der Waals surface area (Å²) in [7, 11) is 1.58. The predicted octanol–water partition coefficient (Wildman–Crippen LogP) is 2.08. The lowest BCUT2D eigenvalue weighted by molar-refractivity contribution is 0.254. The Hall–Kier alpha value is -2.50. The first kappa shape index (κ1) is 12.9. The number of anilines is 2. The third-order valence-corrected chi connectivity index (χ3v) is 2.79. The van der Waals surface area contributed by atoms with Gasteiger partial charge in [-0.25, -0.2) is 4.79 Å². The molecule has 1 heterocycles. The number of urea groups is 1. The Morgan fingerprint density at radius 3 is 2.53 bits per heavy atom. The van der Waals surface area contributed by atoms with Crippen molar-refractivity contribution in [2.24, 2.45) is 0 Å². The zero-order valence-corrected chi connectivity index (χ0v) is 10.9. The van der Waals surface area contributed by atoms with Crippen LogP contribution >= 0.6 is 0 Å². The molecule has 1 aromatic heterocycles. The van der Waals surface area contributed by atoms with E-state index in [1.807, 2.05) is 37.4 Å². The highest BCUT2D eigenvalue weighted by atomic mass is 16.2. The summed E-state index contributed by atoms with van der Waals surface area (Å²) in [5.74, 6) is 0. The van der Waals surface area contributed by atoms with Crippen molar-refractivity contribution in [3.05, 3.63) is 41.7 Å². The number of hydrogen-bond donors (Lipinski definition) is 4. The van der Waals surface area contributed by atoms with E-state index in [9.17, 15) is 4.79 Å². The summed E-state index contributed by atoms with van der Waals surface area (Å²) in [5, 5.41) is 15.4. The molecular weight excluding hydrogens is 242 g/mol. The summed E-state index contributed by atoms with van der Waals surface area (Å²) in [4.78, 5) is 11.1. The van der Waals surface area contributed by atoms with Crippen LogP contribution in [0.2, 0.25) is 0 Å². The Kier molecular flexibility index (Phi) is 4.02. The molecule has 0 saturated heterocycles. The number of nitrogens with one attached hydrogen (secondary N) is 4. The van der Waals surface area contributed by atoms with Gasteiger partial charge in [0.05, 0.1) is 6.20 Å². The minimum atomic E-state index is -0.227. The van der Waals surface area contributed by atoms with Gasteiger partial charge >= 0.3 is 6.03 Å². The fourth-order valence-electron chi connectivity index (χ4n) is 1.62. The second-order valence-electron chi connectivity index (χ2n) is 4.16. The van der Waals surface area contributed by atoms with Gasteiger partial charge < -0.3 is 16.0 Å². The standard InChI is InChI=1S/C13H17N5O/c1-9-10(8-16-18-9)7-15-11-3-5-12(6-4-11)17-13(19)14-2/h3-6,8,15H,7H2,1-2H3,(H,16,18)(H2,14,17,19). The van der Waals surface area contributed by atoms with Crippen LogP contribution < -0.4 is 16.0 Å². The number of aryl methyl sites for hydroxylation is 1. The van der Waals surface area contributed by atoms with Crippen molar-refractivity contribution < 1.29 is 4.79 Å². The molecule has 0 fully saturated rings. The van der Waals surface area contributed by atoms with Gasteiger partial charge in [0.25, 0.3) is 0 Å². The van der Waals surface area contributed by atoms with E-state index in [1.54, 1.807) is 7.05 Å². The monoisotopic (exact) mass is 259 g/mol. The average Bonchev–Trinajstić information content (AvgIpc) is 2.83. The Morgan fingerprint density at radius 1 is 1.26 bits per heavy atom. The molecule has 0 aliphatic heterocycles. The van der Waals surface area contributed by atoms with Gasteiger partial charge in [0, 0.05) is 36.2 Å². The van der Waals surface area contributed by atoms with Crippen LogP contribution in [0.3, 0.4) is 0 Å². The molecule has 0 saturated carbocycles. The van der Waals surface area contributed by atoms with E-state index in [0.29, 0.717) is 6.54 Å². The van der Waals surface area contributed by atoms with Crippen LogP contribution in [0.1, 0.15) is 11.3 Å². The van der Waals surface area contributed by atoms with Crippen LogP contribution in [-0.4, -0.2) is 23.3 Å². The maximum Gasteiger partial charge on any atom is 0.318 e. The first-order chi connectivity index (χ1) is 9.19. The SMILES string of the molecule is CNC(=O)Nc1ccc(NCc2cn[nH]c2C)cc1. The number of benzene rings is 1. The molecular formula is C13H17N5O. The van der Waals surface area contributed by atoms with E-state index in [0.717, 1.165) is 22.6 Å². The van der Waals surface area contributed by atoms with Gasteiger partial charge in [-0.05, 0) is 31.2 Å². The Morgan fingerprint density at radius 2 is 1.95 bits per heavy atom. The van der Waals surface area contributed by atoms with Crippen molar-refractivity contribution in [2.45, 2.75) is 13.5 Å². The summed E-state index contributed by atoms with van der Waals surface area (Å²) in [6, 6.07) is 7.30. The van der Waals surface area contributed by atoms with Gasteiger partial charge in [0.2, 0.25) is 0 Å². The fraction of sp³-hybridized carbons (Fsp3) is 0.231. The molecule has 6 nitrogen and oxygen atoms in total. The van der Waals surface area contributed by atoms with E-state index in [1.165, 1.54) is 0 Å². The lowest BCUT2D eigenvalue weighted by Crippen LogP contribution is -2.24. The van der Waals surface area contributed by atoms with Crippen molar-refractivity contribution >= 4 is 17.4 Å². The molecule has 2 amide bonds. The normalized spacial score (nSPS) is 10.0. The number of aromatic nitrogens is 2. The first-order valence-corrected chi connectivity index (χ1v) is 6.00. The van der Waals surface area contributed by atoms with Crippen molar-refractivity contribution in [1.82, 2.24) is 15.5 Å². The summed E-state index contributed by atoms with van der Waals surface area (Å²) < 4.78 is 0. The third-order valence-electron chi connectivity index (χ3n) is 2.79. The molecule has 4 N–H and O–H groups in total. The third kappa shape index (κ3) is 3.48. The molecule has 0 atom stereocenters. The van der Waals surface area contributed by atoms with Crippen molar-refractivity contribution in [1.29, 1.82) is 0 Å². The molecule has 0 radical (unpaired) electrons. The first-order valence-electron chi connectivity index (χ1n) is 6.00. The molecule has 100 valence electrons. The van der Waals surface area contributed by atoms with E-state index in [-0.39, 0.29) is 6.03 Å². The van der Waals surface area contributed by atoms with Crippen LogP contribution in [0.4, 0.5) is 16.2 Å². The van der Waals surface area contributed by atoms with Gasteiger partial charge in [0.1, 0.15) is 0 Å². The van der Waals surface area contributed by atoms with Crippen LogP contribution in [0.5, 0.6) is 0 Å². The Labute approximate surface area is 111 Å². The molecule has 2 rings (SSSR count). The lowest BCUT2D eigenvalue weighted by atomic mass is 10.2. The molecule has 0 unspecified atom stereocenters. The maximum absolute atomic E-state index is 11.1. The number of carbonyl (C=O) groups excluding carboxylic acids is 1. The smallest absolute Gasteiger partial charge is 0.318 e. The Bertz CT molecular complexity index is 546. The van der Waals surface area contributed by atoms with Crippen LogP contribution in [0.15, 0.2) is 30.5 Å². The average molecular weight is 259 g/mol. The zero-order chi connectivity index (χ0) is 13.7. The molecule has 0 bridgehead atoms. The predicted molar refractivity (Wildman–Crippen MR) is 75.2 cm³/mol. The maximum atomic E-state index is 11.1. The highest BCUT2D eigenvalue weighted by molar-refractivity contribution is 5.89. The summed E-state index contributed by atoms with van der Waals surface area (Å²) in [5.41, 5.74) is 3.94. The second-order valence-corrected chi connectivity index (χ2v) is 4.16. The summed E-state index contributed by atoms with van der Waals surface area (Å²) in [6.45, 7) is 2.70. The van der Waals surface area contributed by atoms with Crippen molar-refractivity contribution in [2.75, 3.05) is 17.7 Å². The molecule has 2 aromatic rings. The topological polar surface area (TPSA) is 81.8 Å². The van der Waals surface area contributed by atoms with Crippen molar-refractivity contribution in [3.8, 4) is 0 Å². The Balaban J connectivity index is 1.92. The minimum absolute atomic E-state index is 0.227. The van der Waals surface area contributed by atoms with Gasteiger partial charge in [-0.3, -0.25) is 5.10 Å². The molecule has 19 heavy (non-hydrogen) atoms. The van der Waals surface area contributed by atoms with E-state index in [4.69, 9.17) is 0 Å². The highest BCUT2D eigenvalue weighted by Gasteiger charge is 2.01. The number of hydrogen-bond acceptors (Lipinski definition) is 3. The summed E-state index contributed by atoms with van der Waals surface area (Å²) in [6.07, 6.45) is 1.81. The number of amides is 2. The zero-order valence-electron chi connectivity index (χ0n) is 10.9. The molecule has 0 spiro atoms. The lowest BCUT2D eigenvalue weighted by Gasteiger charge is -2.08. The number of nitrogens with zero attached hydrogens (tertiary/aromatic N) is 1. The number of aromatic amines is 1. The number of H-pyrrole nitrogens is 1. The van der Waals surface area contributed by atoms with Gasteiger partial charge in [0.15, 0.2) is 0 Å². The van der Waals surface area contributed by atoms with Crippen LogP contribution in [-0.2, 0) is 6.54 Å². The molecule has 0 aliphatic carbocycles. The highest BCUT2D eigenvalue weighted by Crippen LogP contribution is 2.15. The van der Waals surface area contributed by atoms with E-state index < -0.39 is 0 Å². The molecule has 6 heteroatoms. The van der Waals surface area contributed by atoms with E-state index >= 15 is 0 Å². The van der Waals surface area contributed by atoms with Gasteiger partial charge in [-0.15, -0.1) is 0 Å². The van der Waals surface area contributed by atoms with Gasteiger partial charge in [-0.1, -0.05) is 0 Å². The van der Waals surface area contributed by atoms with Gasteiger partial charge in [-0.2, -0.15) is 5.10 Å². The number of rotatable bonds is 4. The minimum Gasteiger partial charge on any atom is -0.381 e. The fourth-order valence-corrected chi connectivity index (χ4v) is 1.62. The van der Waals surface area contributed by atoms with Crippen molar-refractivity contribution in [3.63, 3.8) is 0 Å². The molecule has 0 aliphatic rings. The second kappa shape index (κ2) is 5.90.